The highest BCUT2D eigenvalue weighted by Gasteiger charge is 2.25. The summed E-state index contributed by atoms with van der Waals surface area (Å²) in [5.41, 5.74) is 11.7. The standard InChI is InChI=1S/C13H22N4O2S/c1-7(2)5-6-17(4)13-8(12(19)16-3)9(14)10(20-13)11(15)18/h7H,5-6,14H2,1-4H3,(H2,15,18)(H,16,19). The summed E-state index contributed by atoms with van der Waals surface area (Å²) in [5.74, 6) is -0.368. The molecular weight excluding hydrogens is 276 g/mol. The molecule has 0 bridgehead atoms. The van der Waals surface area contributed by atoms with Gasteiger partial charge >= 0.3 is 0 Å². The van der Waals surface area contributed by atoms with Gasteiger partial charge in [0.25, 0.3) is 11.8 Å². The molecule has 0 aliphatic rings. The van der Waals surface area contributed by atoms with Crippen LogP contribution in [0.25, 0.3) is 0 Å². The highest BCUT2D eigenvalue weighted by Crippen LogP contribution is 2.37. The van der Waals surface area contributed by atoms with Crippen LogP contribution < -0.4 is 21.7 Å². The van der Waals surface area contributed by atoms with Crippen molar-refractivity contribution in [2.24, 2.45) is 11.7 Å². The summed E-state index contributed by atoms with van der Waals surface area (Å²) in [6.07, 6.45) is 0.980. The fraction of sp³-hybridized carbons (Fsp3) is 0.538. The Balaban J connectivity index is 3.19. The number of nitrogen functional groups attached to an aromatic ring is 1. The van der Waals surface area contributed by atoms with Crippen LogP contribution >= 0.6 is 11.3 Å². The minimum absolute atomic E-state index is 0.160. The summed E-state index contributed by atoms with van der Waals surface area (Å²) in [6.45, 7) is 5.04. The van der Waals surface area contributed by atoms with E-state index in [0.29, 0.717) is 16.5 Å². The van der Waals surface area contributed by atoms with Gasteiger partial charge in [-0.05, 0) is 12.3 Å². The second-order valence-electron chi connectivity index (χ2n) is 5.07. The Labute approximate surface area is 123 Å². The van der Waals surface area contributed by atoms with E-state index in [0.717, 1.165) is 24.3 Å². The molecule has 0 aromatic carbocycles. The van der Waals surface area contributed by atoms with Gasteiger partial charge in [-0.1, -0.05) is 13.8 Å². The average Bonchev–Trinajstić information content (AvgIpc) is 2.72. The van der Waals surface area contributed by atoms with Crippen LogP contribution in [0.5, 0.6) is 0 Å². The molecule has 0 saturated heterocycles. The Morgan fingerprint density at radius 3 is 2.45 bits per heavy atom. The van der Waals surface area contributed by atoms with Crippen molar-refractivity contribution in [2.45, 2.75) is 20.3 Å². The van der Waals surface area contributed by atoms with Gasteiger partial charge in [-0.3, -0.25) is 9.59 Å². The largest absolute Gasteiger partial charge is 0.397 e. The zero-order chi connectivity index (χ0) is 15.4. The Kier molecular flexibility index (Phi) is 5.38. The number of nitrogens with zero attached hydrogens (tertiary/aromatic N) is 1. The second kappa shape index (κ2) is 6.60. The highest BCUT2D eigenvalue weighted by atomic mass is 32.1. The molecule has 2 amide bonds. The van der Waals surface area contributed by atoms with Gasteiger partial charge in [0.15, 0.2) is 0 Å². The Morgan fingerprint density at radius 1 is 1.40 bits per heavy atom. The zero-order valence-corrected chi connectivity index (χ0v) is 13.1. The van der Waals surface area contributed by atoms with E-state index >= 15 is 0 Å². The molecule has 0 spiro atoms. The quantitative estimate of drug-likeness (QED) is 0.736. The van der Waals surface area contributed by atoms with E-state index in [2.05, 4.69) is 19.2 Å². The molecule has 0 fully saturated rings. The summed E-state index contributed by atoms with van der Waals surface area (Å²) in [6, 6.07) is 0. The Bertz CT molecular complexity index is 511. The van der Waals surface area contributed by atoms with Crippen molar-refractivity contribution < 1.29 is 9.59 Å². The first-order valence-corrected chi connectivity index (χ1v) is 7.26. The number of anilines is 2. The number of carbonyl (C=O) groups is 2. The summed E-state index contributed by atoms with van der Waals surface area (Å²) >= 11 is 1.16. The van der Waals surface area contributed by atoms with E-state index in [1.807, 2.05) is 11.9 Å². The number of carbonyl (C=O) groups excluding carboxylic acids is 2. The SMILES string of the molecule is CNC(=O)c1c(N(C)CCC(C)C)sc(C(N)=O)c1N. The van der Waals surface area contributed by atoms with Crippen LogP contribution in [-0.4, -0.2) is 32.5 Å². The van der Waals surface area contributed by atoms with Crippen LogP contribution in [0.4, 0.5) is 10.7 Å². The molecule has 5 N–H and O–H groups in total. The first-order valence-electron chi connectivity index (χ1n) is 6.44. The molecule has 0 radical (unpaired) electrons. The lowest BCUT2D eigenvalue weighted by Crippen LogP contribution is -2.25. The molecule has 0 aliphatic carbocycles. The lowest BCUT2D eigenvalue weighted by atomic mass is 10.1. The summed E-state index contributed by atoms with van der Waals surface area (Å²) < 4.78 is 0. The maximum Gasteiger partial charge on any atom is 0.260 e. The number of nitrogens with one attached hydrogen (secondary N) is 1. The minimum atomic E-state index is -0.610. The number of rotatable bonds is 6. The van der Waals surface area contributed by atoms with Crippen molar-refractivity contribution >= 4 is 33.8 Å². The van der Waals surface area contributed by atoms with Gasteiger partial charge < -0.3 is 21.7 Å². The van der Waals surface area contributed by atoms with Crippen LogP contribution in [0.15, 0.2) is 0 Å². The smallest absolute Gasteiger partial charge is 0.260 e. The van der Waals surface area contributed by atoms with E-state index in [1.54, 1.807) is 0 Å². The van der Waals surface area contributed by atoms with E-state index in [1.165, 1.54) is 7.05 Å². The highest BCUT2D eigenvalue weighted by molar-refractivity contribution is 7.19. The van der Waals surface area contributed by atoms with Gasteiger partial charge in [0.1, 0.15) is 9.88 Å². The summed E-state index contributed by atoms with van der Waals surface area (Å²) in [4.78, 5) is 25.5. The van der Waals surface area contributed by atoms with Crippen molar-refractivity contribution in [1.29, 1.82) is 0 Å². The molecule has 112 valence electrons. The molecular formula is C13H22N4O2S. The van der Waals surface area contributed by atoms with Gasteiger partial charge in [0.05, 0.1) is 11.3 Å². The van der Waals surface area contributed by atoms with Crippen LogP contribution in [0.1, 0.15) is 40.3 Å². The van der Waals surface area contributed by atoms with Crippen LogP contribution in [0.2, 0.25) is 0 Å². The maximum absolute atomic E-state index is 12.0. The van der Waals surface area contributed by atoms with Crippen molar-refractivity contribution in [3.05, 3.63) is 10.4 Å². The van der Waals surface area contributed by atoms with E-state index in [-0.39, 0.29) is 16.5 Å². The fourth-order valence-electron chi connectivity index (χ4n) is 1.78. The van der Waals surface area contributed by atoms with Crippen LogP contribution in [-0.2, 0) is 0 Å². The molecule has 7 heteroatoms. The van der Waals surface area contributed by atoms with Crippen molar-refractivity contribution in [1.82, 2.24) is 5.32 Å². The lowest BCUT2D eigenvalue weighted by molar-refractivity contribution is 0.0964. The first kappa shape index (κ1) is 16.3. The Hall–Kier alpha value is -1.76. The fourth-order valence-corrected chi connectivity index (χ4v) is 2.84. The lowest BCUT2D eigenvalue weighted by Gasteiger charge is -2.20. The van der Waals surface area contributed by atoms with Crippen molar-refractivity contribution in [3.63, 3.8) is 0 Å². The van der Waals surface area contributed by atoms with Crippen molar-refractivity contribution in [2.75, 3.05) is 31.3 Å². The normalized spacial score (nSPS) is 10.7. The van der Waals surface area contributed by atoms with Gasteiger partial charge in [-0.25, -0.2) is 0 Å². The molecule has 1 rings (SSSR count). The van der Waals surface area contributed by atoms with Crippen molar-refractivity contribution in [3.8, 4) is 0 Å². The van der Waals surface area contributed by atoms with Gasteiger partial charge in [0.2, 0.25) is 0 Å². The number of thiophene rings is 1. The maximum atomic E-state index is 12.0. The molecule has 1 aromatic rings. The Morgan fingerprint density at radius 2 is 2.00 bits per heavy atom. The number of primary amides is 1. The molecule has 0 saturated carbocycles. The van der Waals surface area contributed by atoms with E-state index < -0.39 is 5.91 Å². The second-order valence-corrected chi connectivity index (χ2v) is 6.07. The first-order chi connectivity index (χ1) is 9.29. The molecule has 1 heterocycles. The predicted molar refractivity (Wildman–Crippen MR) is 83.4 cm³/mol. The third-order valence-corrected chi connectivity index (χ3v) is 4.33. The van der Waals surface area contributed by atoms with Gasteiger partial charge in [0, 0.05) is 20.6 Å². The third-order valence-electron chi connectivity index (χ3n) is 2.99. The topological polar surface area (TPSA) is 101 Å². The monoisotopic (exact) mass is 298 g/mol. The number of hydrogen-bond acceptors (Lipinski definition) is 5. The molecule has 20 heavy (non-hydrogen) atoms. The average molecular weight is 298 g/mol. The number of amides is 2. The minimum Gasteiger partial charge on any atom is -0.397 e. The third kappa shape index (κ3) is 3.41. The molecule has 1 aromatic heterocycles. The predicted octanol–water partition coefficient (Wildman–Crippen LogP) is 1.27. The van der Waals surface area contributed by atoms with Gasteiger partial charge in [-0.2, -0.15) is 0 Å². The zero-order valence-electron chi connectivity index (χ0n) is 12.3. The molecule has 0 atom stereocenters. The number of hydrogen-bond donors (Lipinski definition) is 3. The summed E-state index contributed by atoms with van der Waals surface area (Å²) in [5, 5.41) is 3.22. The van der Waals surface area contributed by atoms with E-state index in [9.17, 15) is 9.59 Å². The summed E-state index contributed by atoms with van der Waals surface area (Å²) in [7, 11) is 3.41. The molecule has 0 aliphatic heterocycles. The van der Waals surface area contributed by atoms with Crippen LogP contribution in [0, 0.1) is 5.92 Å². The molecule has 6 nitrogen and oxygen atoms in total. The molecule has 0 unspecified atom stereocenters. The van der Waals surface area contributed by atoms with Gasteiger partial charge in [-0.15, -0.1) is 11.3 Å². The van der Waals surface area contributed by atoms with E-state index in [4.69, 9.17) is 11.5 Å². The number of nitrogens with two attached hydrogens (primary N) is 2. The van der Waals surface area contributed by atoms with Crippen LogP contribution in [0.3, 0.4) is 0 Å².